The number of hydrogen-bond acceptors (Lipinski definition) is 3. The van der Waals surface area contributed by atoms with E-state index in [1.165, 1.54) is 4.80 Å². The van der Waals surface area contributed by atoms with Crippen molar-refractivity contribution in [3.8, 4) is 0 Å². The molecule has 0 radical (unpaired) electrons. The third kappa shape index (κ3) is 2.00. The Labute approximate surface area is 83.9 Å². The van der Waals surface area contributed by atoms with E-state index in [1.54, 1.807) is 12.1 Å². The number of benzene rings is 1. The van der Waals surface area contributed by atoms with Gasteiger partial charge in [0.25, 0.3) is 0 Å². The molecule has 0 aliphatic rings. The molecule has 1 aromatic heterocycles. The molecule has 0 saturated heterocycles. The lowest BCUT2D eigenvalue weighted by Crippen LogP contribution is -2.40. The molecule has 2 aromatic rings. The Morgan fingerprint density at radius 3 is 2.71 bits per heavy atom. The molecule has 1 aromatic carbocycles. The van der Waals surface area contributed by atoms with Crippen LogP contribution in [0.25, 0.3) is 0 Å². The van der Waals surface area contributed by atoms with Gasteiger partial charge in [0.15, 0.2) is 0 Å². The zero-order chi connectivity index (χ0) is 9.97. The average molecular weight is 213 g/mol. The van der Waals surface area contributed by atoms with Crippen molar-refractivity contribution in [2.45, 2.75) is 6.54 Å². The predicted octanol–water partition coefficient (Wildman–Crippen LogP) is 0.352. The Kier molecular flexibility index (Phi) is 2.32. The summed E-state index contributed by atoms with van der Waals surface area (Å²) >= 11 is 5.72. The van der Waals surface area contributed by atoms with Crippen molar-refractivity contribution < 1.29 is 9.32 Å². The van der Waals surface area contributed by atoms with Crippen molar-refractivity contribution in [3.05, 3.63) is 45.4 Å². The summed E-state index contributed by atoms with van der Waals surface area (Å²) in [5, 5.41) is 6.54. The summed E-state index contributed by atoms with van der Waals surface area (Å²) in [6.07, 6.45) is 0. The molecule has 0 unspecified atom stereocenters. The smallest absolute Gasteiger partial charge is 0.240 e. The van der Waals surface area contributed by atoms with E-state index in [0.717, 1.165) is 5.56 Å². The van der Waals surface area contributed by atoms with Crippen LogP contribution >= 0.6 is 11.6 Å². The van der Waals surface area contributed by atoms with Crippen LogP contribution in [0.1, 0.15) is 5.56 Å². The fourth-order valence-corrected chi connectivity index (χ4v) is 1.19. The maximum Gasteiger partial charge on any atom is 0.492 e. The first-order valence-electron chi connectivity index (χ1n) is 3.94. The van der Waals surface area contributed by atoms with E-state index in [2.05, 4.69) is 14.9 Å². The topological polar surface area (TPSA) is 62.8 Å². The third-order valence-electron chi connectivity index (χ3n) is 1.69. The first kappa shape index (κ1) is 8.96. The van der Waals surface area contributed by atoms with Gasteiger partial charge in [0.2, 0.25) is 11.8 Å². The number of nitrogens with one attached hydrogen (secondary N) is 1. The van der Waals surface area contributed by atoms with Crippen LogP contribution in [0.4, 0.5) is 0 Å². The molecular weight excluding hydrogens is 206 g/mol. The summed E-state index contributed by atoms with van der Waals surface area (Å²) in [5.74, 6) is -0.570. The van der Waals surface area contributed by atoms with Gasteiger partial charge in [-0.2, -0.15) is 0 Å². The number of aromatic amines is 1. The molecule has 2 rings (SSSR count). The van der Waals surface area contributed by atoms with Gasteiger partial charge in [-0.05, 0) is 12.1 Å². The molecular formula is C8H7ClN3O2+. The third-order valence-corrected chi connectivity index (χ3v) is 1.94. The molecule has 6 heteroatoms. The Morgan fingerprint density at radius 1 is 1.43 bits per heavy atom. The highest BCUT2D eigenvalue weighted by Gasteiger charge is 2.08. The fourth-order valence-electron chi connectivity index (χ4n) is 1.06. The van der Waals surface area contributed by atoms with Gasteiger partial charge in [0.05, 0.1) is 0 Å². The van der Waals surface area contributed by atoms with E-state index in [-0.39, 0.29) is 0 Å². The summed E-state index contributed by atoms with van der Waals surface area (Å²) in [7, 11) is 0. The van der Waals surface area contributed by atoms with Crippen LogP contribution in [0.15, 0.2) is 33.6 Å². The molecule has 0 spiro atoms. The molecule has 0 bridgehead atoms. The first-order chi connectivity index (χ1) is 6.74. The van der Waals surface area contributed by atoms with Gasteiger partial charge in [-0.15, -0.1) is 0 Å². The van der Waals surface area contributed by atoms with Crippen molar-refractivity contribution >= 4 is 11.6 Å². The van der Waals surface area contributed by atoms with Gasteiger partial charge >= 0.3 is 5.76 Å². The van der Waals surface area contributed by atoms with Crippen LogP contribution < -0.4 is 10.6 Å². The molecule has 72 valence electrons. The summed E-state index contributed by atoms with van der Waals surface area (Å²) < 4.78 is 4.34. The van der Waals surface area contributed by atoms with Gasteiger partial charge in [-0.1, -0.05) is 28.8 Å². The monoisotopic (exact) mass is 212 g/mol. The van der Waals surface area contributed by atoms with Crippen LogP contribution in [0.2, 0.25) is 5.02 Å². The molecule has 14 heavy (non-hydrogen) atoms. The number of hydrogen-bond donors (Lipinski definition) is 1. The largest absolute Gasteiger partial charge is 0.492 e. The van der Waals surface area contributed by atoms with Crippen LogP contribution in [0, 0.1) is 0 Å². The van der Waals surface area contributed by atoms with Gasteiger partial charge < -0.3 is 0 Å². The van der Waals surface area contributed by atoms with Crippen molar-refractivity contribution in [3.63, 3.8) is 0 Å². The second kappa shape index (κ2) is 3.63. The fraction of sp³-hybridized carbons (Fsp3) is 0.125. The number of nitrogens with zero attached hydrogens (tertiary/aromatic N) is 2. The SMILES string of the molecule is O=c1[nH][n+](Cc2ccc(Cl)cc2)no1. The summed E-state index contributed by atoms with van der Waals surface area (Å²) in [5.41, 5.74) is 0.976. The Bertz CT molecular complexity index is 474. The van der Waals surface area contributed by atoms with Crippen molar-refractivity contribution in [1.82, 2.24) is 10.4 Å². The number of aromatic nitrogens is 3. The van der Waals surface area contributed by atoms with Crippen molar-refractivity contribution in [1.29, 1.82) is 0 Å². The predicted molar refractivity (Wildman–Crippen MR) is 47.9 cm³/mol. The highest BCUT2D eigenvalue weighted by molar-refractivity contribution is 6.30. The van der Waals surface area contributed by atoms with Gasteiger partial charge in [-0.25, -0.2) is 9.32 Å². The minimum absolute atomic E-state index is 0.447. The maximum absolute atomic E-state index is 10.6. The minimum atomic E-state index is -0.570. The summed E-state index contributed by atoms with van der Waals surface area (Å²) in [6, 6.07) is 7.25. The maximum atomic E-state index is 10.6. The van der Waals surface area contributed by atoms with Crippen molar-refractivity contribution in [2.24, 2.45) is 0 Å². The van der Waals surface area contributed by atoms with Gasteiger partial charge in [-0.3, -0.25) is 0 Å². The second-order valence-electron chi connectivity index (χ2n) is 2.76. The lowest BCUT2D eigenvalue weighted by molar-refractivity contribution is -0.805. The molecule has 0 amide bonds. The second-order valence-corrected chi connectivity index (χ2v) is 3.19. The van der Waals surface area contributed by atoms with Crippen molar-refractivity contribution in [2.75, 3.05) is 0 Å². The molecule has 0 atom stereocenters. The number of rotatable bonds is 2. The molecule has 1 heterocycles. The van der Waals surface area contributed by atoms with E-state index >= 15 is 0 Å². The highest BCUT2D eigenvalue weighted by atomic mass is 35.5. The van der Waals surface area contributed by atoms with E-state index < -0.39 is 5.76 Å². The normalized spacial score (nSPS) is 10.4. The molecule has 0 aliphatic carbocycles. The van der Waals surface area contributed by atoms with Crippen LogP contribution in [0.3, 0.4) is 0 Å². The molecule has 0 saturated carbocycles. The number of H-pyrrole nitrogens is 1. The van der Waals surface area contributed by atoms with Gasteiger partial charge in [0.1, 0.15) is 0 Å². The Morgan fingerprint density at radius 2 is 2.14 bits per heavy atom. The summed E-state index contributed by atoms with van der Waals surface area (Å²) in [6.45, 7) is 0.447. The minimum Gasteiger partial charge on any atom is -0.240 e. The van der Waals surface area contributed by atoms with Gasteiger partial charge in [0, 0.05) is 15.4 Å². The lowest BCUT2D eigenvalue weighted by atomic mass is 10.2. The van der Waals surface area contributed by atoms with E-state index in [0.29, 0.717) is 11.6 Å². The first-order valence-corrected chi connectivity index (χ1v) is 4.32. The van der Waals surface area contributed by atoms with E-state index in [9.17, 15) is 4.79 Å². The number of halogens is 1. The van der Waals surface area contributed by atoms with E-state index in [1.807, 2.05) is 12.1 Å². The molecule has 1 N–H and O–H groups in total. The van der Waals surface area contributed by atoms with Crippen LogP contribution in [0.5, 0.6) is 0 Å². The Balaban J connectivity index is 2.19. The summed E-state index contributed by atoms with van der Waals surface area (Å²) in [4.78, 5) is 11.9. The Hall–Kier alpha value is -1.62. The highest BCUT2D eigenvalue weighted by Crippen LogP contribution is 2.08. The molecule has 0 fully saturated rings. The lowest BCUT2D eigenvalue weighted by Gasteiger charge is -1.91. The average Bonchev–Trinajstić information content (AvgIpc) is 2.56. The van der Waals surface area contributed by atoms with E-state index in [4.69, 9.17) is 11.6 Å². The van der Waals surface area contributed by atoms with Crippen LogP contribution in [-0.2, 0) is 6.54 Å². The van der Waals surface area contributed by atoms with Crippen LogP contribution in [-0.4, -0.2) is 10.4 Å². The zero-order valence-corrected chi connectivity index (χ0v) is 7.86. The molecule has 5 nitrogen and oxygen atoms in total. The molecule has 0 aliphatic heterocycles. The standard InChI is InChI=1S/C8H6ClN3O2/c9-7-3-1-6(2-4-7)5-12-10-8(13)14-11-12/h1-4H,5H2/p+1. The zero-order valence-electron chi connectivity index (χ0n) is 7.11. The quantitative estimate of drug-likeness (QED) is 0.731.